The maximum atomic E-state index is 12.8. The summed E-state index contributed by atoms with van der Waals surface area (Å²) >= 11 is 12.2. The molecule has 0 aromatic heterocycles. The number of thiocarbonyl (C=S) groups is 1. The largest absolute Gasteiger partial charge is 0.493 e. The average molecular weight is 465 g/mol. The van der Waals surface area contributed by atoms with E-state index in [0.29, 0.717) is 38.3 Å². The lowest BCUT2D eigenvalue weighted by Gasteiger charge is -2.15. The quantitative estimate of drug-likeness (QED) is 0.513. The first-order valence-corrected chi connectivity index (χ1v) is 10.1. The number of carbonyl (C=O) groups excluding carboxylic acids is 2. The van der Waals surface area contributed by atoms with Crippen molar-refractivity contribution < 1.29 is 23.8 Å². The van der Waals surface area contributed by atoms with Gasteiger partial charge in [-0.25, -0.2) is 0 Å². The highest BCUT2D eigenvalue weighted by Gasteiger charge is 2.34. The van der Waals surface area contributed by atoms with E-state index in [1.807, 2.05) is 0 Å². The van der Waals surface area contributed by atoms with Crippen LogP contribution in [0.4, 0.5) is 0 Å². The van der Waals surface area contributed by atoms with Gasteiger partial charge in [0.2, 0.25) is 5.75 Å². The molecule has 3 rings (SSSR count). The van der Waals surface area contributed by atoms with Crippen LogP contribution in [0.5, 0.6) is 17.2 Å². The molecule has 7 nitrogen and oxygen atoms in total. The van der Waals surface area contributed by atoms with Crippen LogP contribution in [0.1, 0.15) is 15.9 Å². The van der Waals surface area contributed by atoms with Gasteiger partial charge in [0.1, 0.15) is 0 Å². The second kappa shape index (κ2) is 9.38. The minimum Gasteiger partial charge on any atom is -0.493 e. The summed E-state index contributed by atoms with van der Waals surface area (Å²) in [7, 11) is 4.52. The lowest BCUT2D eigenvalue weighted by atomic mass is 10.1. The van der Waals surface area contributed by atoms with Gasteiger partial charge >= 0.3 is 0 Å². The molecule has 1 fully saturated rings. The minimum atomic E-state index is -0.475. The van der Waals surface area contributed by atoms with Gasteiger partial charge in [0, 0.05) is 10.6 Å². The number of benzene rings is 2. The van der Waals surface area contributed by atoms with Gasteiger partial charge in [0.25, 0.3) is 11.8 Å². The summed E-state index contributed by atoms with van der Waals surface area (Å²) in [5.74, 6) is 0.433. The van der Waals surface area contributed by atoms with Crippen molar-refractivity contribution in [3.63, 3.8) is 0 Å². The third-order valence-corrected chi connectivity index (χ3v) is 5.65. The molecule has 1 aliphatic rings. The van der Waals surface area contributed by atoms with Gasteiger partial charge in [0.15, 0.2) is 15.8 Å². The number of nitrogens with one attached hydrogen (secondary N) is 1. The Labute approximate surface area is 187 Å². The fourth-order valence-corrected chi connectivity index (χ4v) is 3.97. The number of methoxy groups -OCH3 is 3. The summed E-state index contributed by atoms with van der Waals surface area (Å²) in [6, 6.07) is 9.71. The number of hydrogen-bond donors (Lipinski definition) is 1. The van der Waals surface area contributed by atoms with Crippen molar-refractivity contribution in [2.75, 3.05) is 21.3 Å². The summed E-state index contributed by atoms with van der Waals surface area (Å²) in [5.41, 5.74) is 3.52. The Morgan fingerprint density at radius 1 is 1.10 bits per heavy atom. The van der Waals surface area contributed by atoms with E-state index in [2.05, 4.69) is 5.43 Å². The lowest BCUT2D eigenvalue weighted by molar-refractivity contribution is -0.123. The first kappa shape index (κ1) is 21.9. The molecule has 10 heteroatoms. The highest BCUT2D eigenvalue weighted by molar-refractivity contribution is 8.26. The normalized spacial score (nSPS) is 14.8. The van der Waals surface area contributed by atoms with Gasteiger partial charge in [0.05, 0.1) is 26.2 Å². The van der Waals surface area contributed by atoms with Crippen molar-refractivity contribution in [1.82, 2.24) is 10.4 Å². The molecule has 1 saturated heterocycles. The average Bonchev–Trinajstić information content (AvgIpc) is 3.00. The Balaban J connectivity index is 1.84. The molecule has 2 amide bonds. The smallest absolute Gasteiger partial charge is 0.285 e. The van der Waals surface area contributed by atoms with Crippen LogP contribution in [0.15, 0.2) is 41.3 Å². The van der Waals surface area contributed by atoms with Crippen LogP contribution >= 0.6 is 35.6 Å². The van der Waals surface area contributed by atoms with Crippen molar-refractivity contribution in [1.29, 1.82) is 0 Å². The van der Waals surface area contributed by atoms with Gasteiger partial charge in [-0.15, -0.1) is 0 Å². The van der Waals surface area contributed by atoms with Crippen molar-refractivity contribution >= 4 is 57.8 Å². The minimum absolute atomic E-state index is 0.209. The predicted octanol–water partition coefficient (Wildman–Crippen LogP) is 3.91. The monoisotopic (exact) mass is 464 g/mol. The zero-order valence-electron chi connectivity index (χ0n) is 16.2. The van der Waals surface area contributed by atoms with Crippen LogP contribution in [0.3, 0.4) is 0 Å². The van der Waals surface area contributed by atoms with E-state index in [1.54, 1.807) is 42.5 Å². The van der Waals surface area contributed by atoms with Crippen LogP contribution in [0, 0.1) is 0 Å². The number of carbonyl (C=O) groups is 2. The molecular weight excluding hydrogens is 448 g/mol. The molecular formula is C20H17ClN2O5S2. The Morgan fingerprint density at radius 3 is 2.23 bits per heavy atom. The van der Waals surface area contributed by atoms with Crippen molar-refractivity contribution in [2.24, 2.45) is 0 Å². The molecule has 0 bridgehead atoms. The van der Waals surface area contributed by atoms with Crippen LogP contribution in [-0.2, 0) is 4.79 Å². The number of halogens is 1. The molecule has 0 radical (unpaired) electrons. The third-order valence-electron chi connectivity index (χ3n) is 4.10. The number of amides is 2. The second-order valence-electron chi connectivity index (χ2n) is 5.92. The van der Waals surface area contributed by atoms with E-state index >= 15 is 0 Å². The standard InChI is InChI=1S/C20H17ClN2O5S2/c1-26-14-8-11(9-15(27-2)17(14)28-3)10-16-19(25)23(20(29)30-16)22-18(24)12-4-6-13(21)7-5-12/h4-10H,1-3H3,(H,22,24)/b16-10-. The SMILES string of the molecule is COc1cc(/C=C2\SC(=S)N(NC(=O)c3ccc(Cl)cc3)C2=O)cc(OC)c1OC. The summed E-state index contributed by atoms with van der Waals surface area (Å²) in [4.78, 5) is 25.6. The zero-order chi connectivity index (χ0) is 21.8. The lowest BCUT2D eigenvalue weighted by Crippen LogP contribution is -2.44. The van der Waals surface area contributed by atoms with E-state index in [-0.39, 0.29) is 4.32 Å². The predicted molar refractivity (Wildman–Crippen MR) is 120 cm³/mol. The topological polar surface area (TPSA) is 77.1 Å². The first-order valence-electron chi connectivity index (χ1n) is 8.52. The van der Waals surface area contributed by atoms with E-state index < -0.39 is 11.8 Å². The Morgan fingerprint density at radius 2 is 1.70 bits per heavy atom. The number of ether oxygens (including phenoxy) is 3. The van der Waals surface area contributed by atoms with Crippen molar-refractivity contribution in [3.05, 3.63) is 57.5 Å². The summed E-state index contributed by atoms with van der Waals surface area (Å²) in [6.07, 6.45) is 1.64. The summed E-state index contributed by atoms with van der Waals surface area (Å²) in [5, 5.41) is 1.55. The number of nitrogens with zero attached hydrogens (tertiary/aromatic N) is 1. The fourth-order valence-electron chi connectivity index (χ4n) is 2.67. The van der Waals surface area contributed by atoms with Crippen LogP contribution in [0.2, 0.25) is 5.02 Å². The molecule has 2 aromatic carbocycles. The maximum absolute atomic E-state index is 12.8. The van der Waals surface area contributed by atoms with Gasteiger partial charge in [-0.05, 0) is 60.3 Å². The van der Waals surface area contributed by atoms with Crippen molar-refractivity contribution in [3.8, 4) is 17.2 Å². The second-order valence-corrected chi connectivity index (χ2v) is 8.04. The first-order chi connectivity index (χ1) is 14.4. The molecule has 0 unspecified atom stereocenters. The van der Waals surface area contributed by atoms with Gasteiger partial charge < -0.3 is 14.2 Å². The molecule has 30 heavy (non-hydrogen) atoms. The molecule has 1 N–H and O–H groups in total. The fraction of sp³-hybridized carbons (Fsp3) is 0.150. The number of hydrogen-bond acceptors (Lipinski definition) is 7. The van der Waals surface area contributed by atoms with Gasteiger partial charge in [-0.1, -0.05) is 23.4 Å². The van der Waals surface area contributed by atoms with E-state index in [4.69, 9.17) is 38.0 Å². The highest BCUT2D eigenvalue weighted by Crippen LogP contribution is 2.40. The number of thioether (sulfide) groups is 1. The molecule has 2 aromatic rings. The maximum Gasteiger partial charge on any atom is 0.285 e. The number of rotatable bonds is 6. The summed E-state index contributed by atoms with van der Waals surface area (Å²) < 4.78 is 16.2. The van der Waals surface area contributed by atoms with Gasteiger partial charge in [-0.2, -0.15) is 5.01 Å². The molecule has 0 aliphatic carbocycles. The molecule has 1 heterocycles. The third kappa shape index (κ3) is 4.53. The molecule has 0 spiro atoms. The highest BCUT2D eigenvalue weighted by atomic mass is 35.5. The zero-order valence-corrected chi connectivity index (χ0v) is 18.6. The van der Waals surface area contributed by atoms with Crippen LogP contribution in [-0.4, -0.2) is 42.5 Å². The number of hydrazine groups is 1. The van der Waals surface area contributed by atoms with Crippen molar-refractivity contribution in [2.45, 2.75) is 0 Å². The molecule has 156 valence electrons. The molecule has 1 aliphatic heterocycles. The molecule has 0 saturated carbocycles. The van der Waals surface area contributed by atoms with Crippen LogP contribution in [0.25, 0.3) is 6.08 Å². The summed E-state index contributed by atoms with van der Waals surface area (Å²) in [6.45, 7) is 0. The van der Waals surface area contributed by atoms with Crippen LogP contribution < -0.4 is 19.6 Å². The van der Waals surface area contributed by atoms with E-state index in [9.17, 15) is 9.59 Å². The Kier molecular flexibility index (Phi) is 6.86. The Bertz CT molecular complexity index is 1010. The van der Waals surface area contributed by atoms with E-state index in [1.165, 1.54) is 21.3 Å². The Hall–Kier alpha value is -2.75. The van der Waals surface area contributed by atoms with Gasteiger partial charge in [-0.3, -0.25) is 15.0 Å². The van der Waals surface area contributed by atoms with E-state index in [0.717, 1.165) is 16.8 Å². The molecule has 0 atom stereocenters.